The first kappa shape index (κ1) is 19.3. The van der Waals surface area contributed by atoms with Gasteiger partial charge in [-0.05, 0) is 29.8 Å². The van der Waals surface area contributed by atoms with Crippen molar-refractivity contribution in [3.05, 3.63) is 70.9 Å². The molecule has 1 fully saturated rings. The monoisotopic (exact) mass is 442 g/mol. The summed E-state index contributed by atoms with van der Waals surface area (Å²) >= 11 is 1.35. The highest BCUT2D eigenvalue weighted by molar-refractivity contribution is 7.91. The normalized spacial score (nSPS) is 17.4. The molecule has 8 heteroatoms. The van der Waals surface area contributed by atoms with Crippen molar-refractivity contribution in [3.8, 4) is 10.4 Å². The van der Waals surface area contributed by atoms with E-state index >= 15 is 0 Å². The number of hydrogen-bond donors (Lipinski definition) is 0. The Hall–Kier alpha value is -2.71. The Bertz CT molecular complexity index is 1240. The Morgan fingerprint density at radius 3 is 2.43 bits per heavy atom. The Kier molecular flexibility index (Phi) is 4.63. The number of carbonyl (C=O) groups excluding carboxylic acids is 1. The van der Waals surface area contributed by atoms with Crippen LogP contribution in [0.25, 0.3) is 10.4 Å². The summed E-state index contributed by atoms with van der Waals surface area (Å²) in [4.78, 5) is 18.5. The van der Waals surface area contributed by atoms with E-state index in [-0.39, 0.29) is 17.5 Å². The maximum absolute atomic E-state index is 14.0. The van der Waals surface area contributed by atoms with Gasteiger partial charge in [-0.3, -0.25) is 4.79 Å². The highest BCUT2D eigenvalue weighted by Crippen LogP contribution is 2.43. The molecule has 0 saturated carbocycles. The fourth-order valence-corrected chi connectivity index (χ4v) is 7.02. The molecule has 0 atom stereocenters. The van der Waals surface area contributed by atoms with E-state index in [0.29, 0.717) is 52.8 Å². The molecule has 1 aromatic heterocycles. The number of anilines is 1. The maximum atomic E-state index is 14.0. The van der Waals surface area contributed by atoms with Crippen LogP contribution in [-0.4, -0.2) is 45.4 Å². The minimum atomic E-state index is -3.40. The predicted octanol–water partition coefficient (Wildman–Crippen LogP) is 3.80. The lowest BCUT2D eigenvalue weighted by atomic mass is 10.1. The van der Waals surface area contributed by atoms with Crippen LogP contribution in [-0.2, 0) is 15.6 Å². The number of benzene rings is 2. The van der Waals surface area contributed by atoms with E-state index in [4.69, 9.17) is 0 Å². The van der Waals surface area contributed by atoms with Crippen LogP contribution >= 0.6 is 11.3 Å². The predicted molar refractivity (Wildman–Crippen MR) is 115 cm³/mol. The summed E-state index contributed by atoms with van der Waals surface area (Å²) in [6, 6.07) is 15.3. The Balaban J connectivity index is 1.37. The van der Waals surface area contributed by atoms with E-state index in [1.54, 1.807) is 47.4 Å². The van der Waals surface area contributed by atoms with Crippen LogP contribution in [0.4, 0.5) is 10.1 Å². The van der Waals surface area contributed by atoms with E-state index in [9.17, 15) is 17.6 Å². The summed E-state index contributed by atoms with van der Waals surface area (Å²) in [5, 5.41) is 0. The molecule has 0 spiro atoms. The smallest absolute Gasteiger partial charge is 0.264 e. The molecular weight excluding hydrogens is 423 g/mol. The number of sulfone groups is 1. The van der Waals surface area contributed by atoms with Gasteiger partial charge in [0.05, 0.1) is 21.2 Å². The Labute approximate surface area is 178 Å². The zero-order valence-corrected chi connectivity index (χ0v) is 17.7. The van der Waals surface area contributed by atoms with Gasteiger partial charge in [-0.25, -0.2) is 12.8 Å². The zero-order chi connectivity index (χ0) is 20.9. The van der Waals surface area contributed by atoms with E-state index < -0.39 is 9.84 Å². The van der Waals surface area contributed by atoms with Gasteiger partial charge < -0.3 is 9.80 Å². The van der Waals surface area contributed by atoms with Gasteiger partial charge in [-0.2, -0.15) is 0 Å². The van der Waals surface area contributed by atoms with E-state index in [0.717, 1.165) is 4.88 Å². The third-order valence-electron chi connectivity index (χ3n) is 5.59. The molecule has 2 aliphatic rings. The highest BCUT2D eigenvalue weighted by atomic mass is 32.2. The molecular formula is C22H19FN2O3S2. The van der Waals surface area contributed by atoms with Crippen LogP contribution in [0.3, 0.4) is 0 Å². The minimum Gasteiger partial charge on any atom is -0.366 e. The van der Waals surface area contributed by atoms with Gasteiger partial charge in [-0.1, -0.05) is 30.3 Å². The molecule has 3 aromatic rings. The quantitative estimate of drug-likeness (QED) is 0.606. The maximum Gasteiger partial charge on any atom is 0.264 e. The summed E-state index contributed by atoms with van der Waals surface area (Å²) < 4.78 is 39.2. The highest BCUT2D eigenvalue weighted by Gasteiger charge is 2.32. The lowest BCUT2D eigenvalue weighted by Crippen LogP contribution is -2.48. The molecule has 0 bridgehead atoms. The standard InChI is InChI=1S/C22H19FN2O3S2/c23-17-6-2-3-7-18(17)24-9-11-25(12-10-24)22(26)19-13-15-14-30(27,28)20-8-4-1-5-16(20)21(15)29-19/h1-8,13H,9-12,14H2. The van der Waals surface area contributed by atoms with E-state index in [1.807, 2.05) is 11.0 Å². The second kappa shape index (κ2) is 7.21. The lowest BCUT2D eigenvalue weighted by Gasteiger charge is -2.36. The number of halogens is 1. The molecule has 30 heavy (non-hydrogen) atoms. The van der Waals surface area contributed by atoms with Crippen molar-refractivity contribution in [2.24, 2.45) is 0 Å². The summed E-state index contributed by atoms with van der Waals surface area (Å²) in [5.74, 6) is -0.440. The van der Waals surface area contributed by atoms with Crippen molar-refractivity contribution < 1.29 is 17.6 Å². The summed E-state index contributed by atoms with van der Waals surface area (Å²) in [6.45, 7) is 2.08. The molecule has 2 aromatic carbocycles. The molecule has 5 nitrogen and oxygen atoms in total. The second-order valence-electron chi connectivity index (χ2n) is 7.45. The number of fused-ring (bicyclic) bond motifs is 3. The fourth-order valence-electron chi connectivity index (χ4n) is 4.09. The van der Waals surface area contributed by atoms with Crippen molar-refractivity contribution in [2.75, 3.05) is 31.1 Å². The third-order valence-corrected chi connectivity index (χ3v) is 8.51. The van der Waals surface area contributed by atoms with Gasteiger partial charge in [0.15, 0.2) is 9.84 Å². The zero-order valence-electron chi connectivity index (χ0n) is 16.0. The molecule has 1 saturated heterocycles. The SMILES string of the molecule is O=C(c1cc2c(s1)-c1ccccc1S(=O)(=O)C2)N1CCN(c2ccccc2F)CC1. The van der Waals surface area contributed by atoms with Gasteiger partial charge in [0.2, 0.25) is 0 Å². The van der Waals surface area contributed by atoms with Crippen LogP contribution in [0.2, 0.25) is 0 Å². The minimum absolute atomic E-state index is 0.0792. The summed E-state index contributed by atoms with van der Waals surface area (Å²) in [5.41, 5.74) is 1.91. The number of hydrogen-bond acceptors (Lipinski definition) is 5. The molecule has 0 N–H and O–H groups in total. The molecule has 5 rings (SSSR count). The molecule has 154 valence electrons. The Morgan fingerprint density at radius 1 is 0.967 bits per heavy atom. The number of amides is 1. The average molecular weight is 443 g/mol. The van der Waals surface area contributed by atoms with Crippen molar-refractivity contribution in [2.45, 2.75) is 10.6 Å². The molecule has 1 amide bonds. The largest absolute Gasteiger partial charge is 0.366 e. The summed E-state index contributed by atoms with van der Waals surface area (Å²) in [6.07, 6.45) is 0. The second-order valence-corrected chi connectivity index (χ2v) is 10.5. The van der Waals surface area contributed by atoms with Crippen molar-refractivity contribution in [1.29, 1.82) is 0 Å². The molecule has 0 radical (unpaired) electrons. The van der Waals surface area contributed by atoms with Crippen LogP contribution in [0, 0.1) is 5.82 Å². The first-order chi connectivity index (χ1) is 14.4. The van der Waals surface area contributed by atoms with E-state index in [1.165, 1.54) is 17.4 Å². The first-order valence-corrected chi connectivity index (χ1v) is 12.1. The van der Waals surface area contributed by atoms with Gasteiger partial charge in [0.25, 0.3) is 5.91 Å². The molecule has 0 unspecified atom stereocenters. The van der Waals surface area contributed by atoms with Crippen molar-refractivity contribution in [1.82, 2.24) is 4.90 Å². The van der Waals surface area contributed by atoms with Crippen LogP contribution < -0.4 is 4.90 Å². The molecule has 3 heterocycles. The number of piperazine rings is 1. The molecule has 0 aliphatic carbocycles. The van der Waals surface area contributed by atoms with Crippen LogP contribution in [0.1, 0.15) is 15.2 Å². The van der Waals surface area contributed by atoms with Gasteiger partial charge in [-0.15, -0.1) is 11.3 Å². The van der Waals surface area contributed by atoms with E-state index in [2.05, 4.69) is 0 Å². The number of rotatable bonds is 2. The molecule has 2 aliphatic heterocycles. The lowest BCUT2D eigenvalue weighted by molar-refractivity contribution is 0.0751. The number of para-hydroxylation sites is 1. The van der Waals surface area contributed by atoms with Gasteiger partial charge in [0, 0.05) is 36.6 Å². The van der Waals surface area contributed by atoms with Crippen LogP contribution in [0.15, 0.2) is 59.5 Å². The average Bonchev–Trinajstić information content (AvgIpc) is 3.17. The third kappa shape index (κ3) is 3.20. The van der Waals surface area contributed by atoms with Crippen LogP contribution in [0.5, 0.6) is 0 Å². The fraction of sp³-hybridized carbons (Fsp3) is 0.227. The topological polar surface area (TPSA) is 57.7 Å². The van der Waals surface area contributed by atoms with Crippen molar-refractivity contribution >= 4 is 32.8 Å². The number of carbonyl (C=O) groups is 1. The Morgan fingerprint density at radius 2 is 1.67 bits per heavy atom. The van der Waals surface area contributed by atoms with Crippen molar-refractivity contribution in [3.63, 3.8) is 0 Å². The summed E-state index contributed by atoms with van der Waals surface area (Å²) in [7, 11) is -3.40. The van der Waals surface area contributed by atoms with Gasteiger partial charge in [0.1, 0.15) is 5.82 Å². The number of nitrogens with zero attached hydrogens (tertiary/aromatic N) is 2. The van der Waals surface area contributed by atoms with Gasteiger partial charge >= 0.3 is 0 Å². The first-order valence-electron chi connectivity index (χ1n) is 9.68. The number of thiophene rings is 1.